The zero-order valence-corrected chi connectivity index (χ0v) is 10.4. The van der Waals surface area contributed by atoms with E-state index in [0.717, 1.165) is 24.5 Å². The van der Waals surface area contributed by atoms with Crippen LogP contribution in [-0.4, -0.2) is 32.0 Å². The summed E-state index contributed by atoms with van der Waals surface area (Å²) in [6.45, 7) is -0.0304. The highest BCUT2D eigenvalue weighted by molar-refractivity contribution is 7.90. The van der Waals surface area contributed by atoms with E-state index in [-0.39, 0.29) is 30.2 Å². The number of benzene rings is 1. The monoisotopic (exact) mass is 277 g/mol. The number of nitrogens with zero attached hydrogens (tertiary/aromatic N) is 1. The lowest BCUT2D eigenvalue weighted by molar-refractivity contribution is -0.385. The first-order valence-electron chi connectivity index (χ1n) is 5.04. The van der Waals surface area contributed by atoms with E-state index in [1.807, 2.05) is 0 Å². The Morgan fingerprint density at radius 1 is 1.44 bits per heavy atom. The summed E-state index contributed by atoms with van der Waals surface area (Å²) in [6, 6.07) is 2.86. The van der Waals surface area contributed by atoms with E-state index in [9.17, 15) is 22.9 Å². The molecular weight excluding hydrogens is 265 g/mol. The summed E-state index contributed by atoms with van der Waals surface area (Å²) < 4.78 is 39.6. The number of sulfone groups is 1. The third-order valence-corrected chi connectivity index (χ3v) is 3.07. The summed E-state index contributed by atoms with van der Waals surface area (Å²) in [4.78, 5) is 9.94. The van der Waals surface area contributed by atoms with Crippen molar-refractivity contribution in [2.45, 2.75) is 6.42 Å². The summed E-state index contributed by atoms with van der Waals surface area (Å²) in [5.41, 5.74) is -0.351. The fourth-order valence-corrected chi connectivity index (χ4v) is 1.90. The van der Waals surface area contributed by atoms with Crippen molar-refractivity contribution < 1.29 is 22.5 Å². The van der Waals surface area contributed by atoms with Gasteiger partial charge in [-0.05, 0) is 12.5 Å². The maximum atomic E-state index is 12.9. The van der Waals surface area contributed by atoms with Gasteiger partial charge in [0.25, 0.3) is 0 Å². The second kappa shape index (κ2) is 5.76. The van der Waals surface area contributed by atoms with E-state index >= 15 is 0 Å². The van der Waals surface area contributed by atoms with Gasteiger partial charge >= 0.3 is 5.69 Å². The molecule has 6 nitrogen and oxygen atoms in total. The third-order valence-electron chi connectivity index (χ3n) is 2.04. The lowest BCUT2D eigenvalue weighted by Gasteiger charge is -2.06. The standard InChI is InChI=1S/C10H12FNO5S/c1-18(15,16)6-2-5-17-10-7-8(11)3-4-9(10)12(13)14/h3-4,7H,2,5-6H2,1H3. The Kier molecular flexibility index (Phi) is 4.60. The van der Waals surface area contributed by atoms with Crippen LogP contribution in [0.1, 0.15) is 6.42 Å². The zero-order chi connectivity index (χ0) is 13.8. The minimum atomic E-state index is -3.10. The molecule has 0 radical (unpaired) electrons. The molecule has 1 rings (SSSR count). The van der Waals surface area contributed by atoms with Gasteiger partial charge in [0, 0.05) is 18.4 Å². The van der Waals surface area contributed by atoms with Crippen LogP contribution in [0.5, 0.6) is 5.75 Å². The first-order valence-corrected chi connectivity index (χ1v) is 7.10. The number of halogens is 1. The van der Waals surface area contributed by atoms with Gasteiger partial charge < -0.3 is 4.74 Å². The second-order valence-electron chi connectivity index (χ2n) is 3.70. The van der Waals surface area contributed by atoms with Crippen molar-refractivity contribution in [2.24, 2.45) is 0 Å². The first kappa shape index (κ1) is 14.4. The molecule has 1 aromatic carbocycles. The number of ether oxygens (including phenoxy) is 1. The lowest BCUT2D eigenvalue weighted by atomic mass is 10.3. The van der Waals surface area contributed by atoms with Gasteiger partial charge in [-0.15, -0.1) is 0 Å². The van der Waals surface area contributed by atoms with Crippen molar-refractivity contribution in [3.05, 3.63) is 34.1 Å². The molecule has 0 aromatic heterocycles. The van der Waals surface area contributed by atoms with Crippen molar-refractivity contribution in [1.29, 1.82) is 0 Å². The molecule has 0 saturated heterocycles. The van der Waals surface area contributed by atoms with Crippen LogP contribution >= 0.6 is 0 Å². The summed E-state index contributed by atoms with van der Waals surface area (Å²) in [5.74, 6) is -0.942. The maximum absolute atomic E-state index is 12.9. The number of rotatable bonds is 6. The average molecular weight is 277 g/mol. The van der Waals surface area contributed by atoms with Gasteiger partial charge in [0.1, 0.15) is 15.7 Å². The Balaban J connectivity index is 2.66. The molecular formula is C10H12FNO5S. The Hall–Kier alpha value is -1.70. The molecule has 0 bridgehead atoms. The Morgan fingerprint density at radius 2 is 2.11 bits per heavy atom. The maximum Gasteiger partial charge on any atom is 0.311 e. The molecule has 1 aromatic rings. The molecule has 0 aliphatic carbocycles. The summed E-state index contributed by atoms with van der Waals surface area (Å²) in [6.07, 6.45) is 1.27. The minimum Gasteiger partial charge on any atom is -0.487 e. The van der Waals surface area contributed by atoms with E-state index in [1.165, 1.54) is 0 Å². The molecule has 18 heavy (non-hydrogen) atoms. The summed E-state index contributed by atoms with van der Waals surface area (Å²) in [7, 11) is -3.10. The topological polar surface area (TPSA) is 86.5 Å². The largest absolute Gasteiger partial charge is 0.487 e. The van der Waals surface area contributed by atoms with Gasteiger partial charge in [0.05, 0.1) is 17.3 Å². The van der Waals surface area contributed by atoms with Crippen LogP contribution in [0.2, 0.25) is 0 Å². The number of nitro groups is 1. The minimum absolute atomic E-state index is 0.0304. The first-order chi connectivity index (χ1) is 8.29. The van der Waals surface area contributed by atoms with E-state index in [1.54, 1.807) is 0 Å². The van der Waals surface area contributed by atoms with E-state index in [4.69, 9.17) is 4.74 Å². The highest BCUT2D eigenvalue weighted by atomic mass is 32.2. The Morgan fingerprint density at radius 3 is 2.67 bits per heavy atom. The highest BCUT2D eigenvalue weighted by Crippen LogP contribution is 2.27. The molecule has 0 heterocycles. The van der Waals surface area contributed by atoms with Crippen molar-refractivity contribution in [2.75, 3.05) is 18.6 Å². The molecule has 0 spiro atoms. The molecule has 0 atom stereocenters. The molecule has 0 amide bonds. The van der Waals surface area contributed by atoms with Gasteiger partial charge in [-0.25, -0.2) is 12.8 Å². The second-order valence-corrected chi connectivity index (χ2v) is 5.96. The van der Waals surface area contributed by atoms with Crippen LogP contribution < -0.4 is 4.74 Å². The van der Waals surface area contributed by atoms with Gasteiger partial charge in [-0.2, -0.15) is 0 Å². The molecule has 0 saturated carbocycles. The summed E-state index contributed by atoms with van der Waals surface area (Å²) in [5, 5.41) is 10.6. The predicted octanol–water partition coefficient (Wildman–Crippen LogP) is 1.55. The smallest absolute Gasteiger partial charge is 0.311 e. The van der Waals surface area contributed by atoms with Gasteiger partial charge in [-0.3, -0.25) is 10.1 Å². The molecule has 8 heteroatoms. The number of nitro benzene ring substituents is 1. The lowest BCUT2D eigenvalue weighted by Crippen LogP contribution is -2.08. The van der Waals surface area contributed by atoms with Crippen molar-refractivity contribution in [3.8, 4) is 5.75 Å². The fourth-order valence-electron chi connectivity index (χ4n) is 1.26. The highest BCUT2D eigenvalue weighted by Gasteiger charge is 2.15. The van der Waals surface area contributed by atoms with Crippen LogP contribution in [0, 0.1) is 15.9 Å². The van der Waals surface area contributed by atoms with E-state index in [0.29, 0.717) is 0 Å². The predicted molar refractivity (Wildman–Crippen MR) is 62.9 cm³/mol. The van der Waals surface area contributed by atoms with Crippen LogP contribution in [0.4, 0.5) is 10.1 Å². The van der Waals surface area contributed by atoms with E-state index < -0.39 is 20.6 Å². The van der Waals surface area contributed by atoms with Crippen LogP contribution in [0.3, 0.4) is 0 Å². The normalized spacial score (nSPS) is 11.2. The zero-order valence-electron chi connectivity index (χ0n) is 9.63. The molecule has 0 aliphatic rings. The van der Waals surface area contributed by atoms with Crippen LogP contribution in [0.15, 0.2) is 18.2 Å². The van der Waals surface area contributed by atoms with Gasteiger partial charge in [0.15, 0.2) is 5.75 Å². The van der Waals surface area contributed by atoms with Crippen LogP contribution in [0.25, 0.3) is 0 Å². The van der Waals surface area contributed by atoms with Crippen LogP contribution in [-0.2, 0) is 9.84 Å². The van der Waals surface area contributed by atoms with E-state index in [2.05, 4.69) is 0 Å². The summed E-state index contributed by atoms with van der Waals surface area (Å²) >= 11 is 0. The molecule has 0 aliphatic heterocycles. The molecule has 100 valence electrons. The molecule has 0 N–H and O–H groups in total. The van der Waals surface area contributed by atoms with Crippen molar-refractivity contribution in [1.82, 2.24) is 0 Å². The quantitative estimate of drug-likeness (QED) is 0.447. The van der Waals surface area contributed by atoms with Gasteiger partial charge in [-0.1, -0.05) is 0 Å². The fraction of sp³-hybridized carbons (Fsp3) is 0.400. The van der Waals surface area contributed by atoms with Crippen molar-refractivity contribution >= 4 is 15.5 Å². The third kappa shape index (κ3) is 4.66. The Labute approximate surface area is 103 Å². The average Bonchev–Trinajstić information content (AvgIpc) is 2.22. The molecule has 0 unspecified atom stereocenters. The number of hydrogen-bond donors (Lipinski definition) is 0. The van der Waals surface area contributed by atoms with Crippen molar-refractivity contribution in [3.63, 3.8) is 0 Å². The van der Waals surface area contributed by atoms with Gasteiger partial charge in [0.2, 0.25) is 0 Å². The number of hydrogen-bond acceptors (Lipinski definition) is 5. The SMILES string of the molecule is CS(=O)(=O)CCCOc1cc(F)ccc1[N+](=O)[O-]. The molecule has 0 fully saturated rings. The Bertz CT molecular complexity index is 543.